The van der Waals surface area contributed by atoms with Gasteiger partial charge in [0.1, 0.15) is 5.41 Å². The van der Waals surface area contributed by atoms with Crippen molar-refractivity contribution in [2.45, 2.75) is 46.3 Å². The number of nitrogens with one attached hydrogen (secondary N) is 1. The Hall–Kier alpha value is -1.92. The molecular formula is C20H28N2O4. The highest BCUT2D eigenvalue weighted by molar-refractivity contribution is 6.10. The molecule has 0 bridgehead atoms. The first-order chi connectivity index (χ1) is 12.2. The van der Waals surface area contributed by atoms with Crippen molar-refractivity contribution in [2.24, 2.45) is 5.41 Å². The van der Waals surface area contributed by atoms with Gasteiger partial charge >= 0.3 is 0 Å². The van der Waals surface area contributed by atoms with Crippen molar-refractivity contribution in [1.29, 1.82) is 0 Å². The quantitative estimate of drug-likeness (QED) is 0.842. The van der Waals surface area contributed by atoms with Crippen LogP contribution < -0.4 is 5.32 Å². The summed E-state index contributed by atoms with van der Waals surface area (Å²) in [5.41, 5.74) is 1.72. The van der Waals surface area contributed by atoms with Gasteiger partial charge in [0.2, 0.25) is 11.8 Å². The number of hydrogen-bond acceptors (Lipinski definition) is 4. The summed E-state index contributed by atoms with van der Waals surface area (Å²) in [4.78, 5) is 27.5. The fourth-order valence-corrected chi connectivity index (χ4v) is 3.56. The Balaban J connectivity index is 1.64. The second kappa shape index (κ2) is 7.00. The van der Waals surface area contributed by atoms with Crippen LogP contribution in [0.1, 0.15) is 37.8 Å². The van der Waals surface area contributed by atoms with Crippen LogP contribution >= 0.6 is 0 Å². The number of likely N-dealkylation sites (tertiary alicyclic amines) is 1. The summed E-state index contributed by atoms with van der Waals surface area (Å²) in [6.07, 6.45) is 1.29. The molecule has 2 aliphatic heterocycles. The molecule has 2 fully saturated rings. The molecule has 0 aliphatic carbocycles. The van der Waals surface area contributed by atoms with Crippen molar-refractivity contribution >= 4 is 17.5 Å². The summed E-state index contributed by atoms with van der Waals surface area (Å²) in [7, 11) is 0. The number of aryl methyl sites for hydroxylation is 2. The molecule has 26 heavy (non-hydrogen) atoms. The fourth-order valence-electron chi connectivity index (χ4n) is 3.56. The molecular weight excluding hydrogens is 332 g/mol. The zero-order valence-corrected chi connectivity index (χ0v) is 16.1. The van der Waals surface area contributed by atoms with Crippen molar-refractivity contribution < 1.29 is 19.1 Å². The first-order valence-corrected chi connectivity index (χ1v) is 9.20. The highest BCUT2D eigenvalue weighted by atomic mass is 16.7. The lowest BCUT2D eigenvalue weighted by molar-refractivity contribution is -0.189. The number of nitrogens with zero attached hydrogens (tertiary/aromatic N) is 1. The number of piperidine rings is 1. The lowest BCUT2D eigenvalue weighted by Crippen LogP contribution is -2.53. The van der Waals surface area contributed by atoms with Crippen LogP contribution in [-0.2, 0) is 19.1 Å². The van der Waals surface area contributed by atoms with Crippen LogP contribution in [0.5, 0.6) is 0 Å². The Morgan fingerprint density at radius 1 is 1.12 bits per heavy atom. The Morgan fingerprint density at radius 2 is 1.73 bits per heavy atom. The van der Waals surface area contributed by atoms with Crippen LogP contribution in [0, 0.1) is 19.3 Å². The molecule has 2 heterocycles. The minimum Gasteiger partial charge on any atom is -0.347 e. The number of ether oxygens (including phenoxy) is 2. The van der Waals surface area contributed by atoms with E-state index in [-0.39, 0.29) is 11.8 Å². The van der Waals surface area contributed by atoms with E-state index in [9.17, 15) is 9.59 Å². The van der Waals surface area contributed by atoms with Crippen molar-refractivity contribution in [2.75, 3.05) is 31.6 Å². The lowest BCUT2D eigenvalue weighted by Gasteiger charge is -2.40. The molecule has 6 heteroatoms. The van der Waals surface area contributed by atoms with Crippen LogP contribution in [0.25, 0.3) is 0 Å². The number of hydrogen-bond donors (Lipinski definition) is 1. The number of benzene rings is 1. The van der Waals surface area contributed by atoms with Crippen LogP contribution in [-0.4, -0.2) is 48.8 Å². The van der Waals surface area contributed by atoms with Gasteiger partial charge < -0.3 is 19.7 Å². The van der Waals surface area contributed by atoms with E-state index < -0.39 is 11.2 Å². The molecule has 6 nitrogen and oxygen atoms in total. The molecule has 0 radical (unpaired) electrons. The summed E-state index contributed by atoms with van der Waals surface area (Å²) in [5.74, 6) is -0.974. The molecule has 0 saturated carbocycles. The van der Waals surface area contributed by atoms with E-state index in [0.29, 0.717) is 39.1 Å². The van der Waals surface area contributed by atoms with E-state index in [0.717, 1.165) is 16.8 Å². The van der Waals surface area contributed by atoms with Crippen molar-refractivity contribution in [3.63, 3.8) is 0 Å². The molecule has 1 aromatic rings. The first-order valence-electron chi connectivity index (χ1n) is 9.20. The number of anilines is 1. The minimum absolute atomic E-state index is 0.160. The number of carbonyl (C=O) groups excluding carboxylic acids is 2. The molecule has 2 aliphatic rings. The van der Waals surface area contributed by atoms with Gasteiger partial charge in [0.05, 0.1) is 13.2 Å². The normalized spacial score (nSPS) is 19.6. The van der Waals surface area contributed by atoms with Gasteiger partial charge in [0.15, 0.2) is 5.79 Å². The summed E-state index contributed by atoms with van der Waals surface area (Å²) < 4.78 is 11.4. The SMILES string of the molecule is Cc1ccc(NC(=O)C(C)(C)C(=O)N2CCC3(CC2)OCCO3)c(C)c1. The molecule has 1 aromatic carbocycles. The highest BCUT2D eigenvalue weighted by Gasteiger charge is 2.45. The third-order valence-corrected chi connectivity index (χ3v) is 5.36. The summed E-state index contributed by atoms with van der Waals surface area (Å²) in [5, 5.41) is 2.91. The fraction of sp³-hybridized carbons (Fsp3) is 0.600. The van der Waals surface area contributed by atoms with Gasteiger partial charge in [0.25, 0.3) is 0 Å². The second-order valence-electron chi connectivity index (χ2n) is 7.80. The Morgan fingerprint density at radius 3 is 2.31 bits per heavy atom. The van der Waals surface area contributed by atoms with E-state index in [2.05, 4.69) is 5.32 Å². The van der Waals surface area contributed by atoms with Crippen LogP contribution in [0.4, 0.5) is 5.69 Å². The Labute approximate surface area is 154 Å². The maximum absolute atomic E-state index is 13.0. The maximum atomic E-state index is 13.0. The average molecular weight is 360 g/mol. The third-order valence-electron chi connectivity index (χ3n) is 5.36. The number of amides is 2. The second-order valence-corrected chi connectivity index (χ2v) is 7.80. The van der Waals surface area contributed by atoms with Crippen LogP contribution in [0.15, 0.2) is 18.2 Å². The van der Waals surface area contributed by atoms with Gasteiger partial charge in [-0.3, -0.25) is 9.59 Å². The Bertz CT molecular complexity index is 698. The van der Waals surface area contributed by atoms with E-state index in [1.54, 1.807) is 18.7 Å². The Kier molecular flexibility index (Phi) is 5.08. The molecule has 1 N–H and O–H groups in total. The maximum Gasteiger partial charge on any atom is 0.239 e. The van der Waals surface area contributed by atoms with Gasteiger partial charge in [-0.15, -0.1) is 0 Å². The highest BCUT2D eigenvalue weighted by Crippen LogP contribution is 2.33. The summed E-state index contributed by atoms with van der Waals surface area (Å²) in [6.45, 7) is 9.62. The molecule has 0 unspecified atom stereocenters. The van der Waals surface area contributed by atoms with Gasteiger partial charge in [-0.05, 0) is 39.3 Å². The van der Waals surface area contributed by atoms with E-state index in [4.69, 9.17) is 9.47 Å². The minimum atomic E-state index is -1.14. The molecule has 2 saturated heterocycles. The monoisotopic (exact) mass is 360 g/mol. The smallest absolute Gasteiger partial charge is 0.239 e. The van der Waals surface area contributed by atoms with Crippen LogP contribution in [0.2, 0.25) is 0 Å². The van der Waals surface area contributed by atoms with Gasteiger partial charge in [0, 0.05) is 31.6 Å². The molecule has 0 aromatic heterocycles. The van der Waals surface area contributed by atoms with Gasteiger partial charge in [-0.2, -0.15) is 0 Å². The summed E-state index contributed by atoms with van der Waals surface area (Å²) in [6, 6.07) is 5.84. The zero-order chi connectivity index (χ0) is 18.9. The predicted octanol–water partition coefficient (Wildman–Crippen LogP) is 2.63. The number of carbonyl (C=O) groups is 2. The molecule has 2 amide bonds. The topological polar surface area (TPSA) is 67.9 Å². The predicted molar refractivity (Wildman–Crippen MR) is 98.8 cm³/mol. The van der Waals surface area contributed by atoms with E-state index in [1.165, 1.54) is 0 Å². The molecule has 3 rings (SSSR count). The van der Waals surface area contributed by atoms with Crippen molar-refractivity contribution in [3.8, 4) is 0 Å². The first kappa shape index (κ1) is 18.9. The molecule has 1 spiro atoms. The number of rotatable bonds is 3. The van der Waals surface area contributed by atoms with Crippen molar-refractivity contribution in [3.05, 3.63) is 29.3 Å². The summed E-state index contributed by atoms with van der Waals surface area (Å²) >= 11 is 0. The molecule has 142 valence electrons. The average Bonchev–Trinajstić information content (AvgIpc) is 3.05. The lowest BCUT2D eigenvalue weighted by atomic mass is 9.88. The van der Waals surface area contributed by atoms with E-state index >= 15 is 0 Å². The standard InChI is InChI=1S/C20H28N2O4/c1-14-5-6-16(15(2)13-14)21-17(23)19(3,4)18(24)22-9-7-20(8-10-22)25-11-12-26-20/h5-6,13H,7-12H2,1-4H3,(H,21,23). The third kappa shape index (κ3) is 3.62. The molecule has 0 atom stereocenters. The van der Waals surface area contributed by atoms with Crippen LogP contribution in [0.3, 0.4) is 0 Å². The van der Waals surface area contributed by atoms with Gasteiger partial charge in [-0.25, -0.2) is 0 Å². The largest absolute Gasteiger partial charge is 0.347 e. The van der Waals surface area contributed by atoms with Crippen molar-refractivity contribution in [1.82, 2.24) is 4.90 Å². The van der Waals surface area contributed by atoms with E-state index in [1.807, 2.05) is 32.0 Å². The zero-order valence-electron chi connectivity index (χ0n) is 16.1. The van der Waals surface area contributed by atoms with Gasteiger partial charge in [-0.1, -0.05) is 17.7 Å².